The first-order valence-corrected chi connectivity index (χ1v) is 7.45. The maximum Gasteiger partial charge on any atom is 0.269 e. The predicted molar refractivity (Wildman–Crippen MR) is 82.6 cm³/mol. The van der Waals surface area contributed by atoms with E-state index in [1.54, 1.807) is 12.1 Å². The van der Waals surface area contributed by atoms with E-state index in [2.05, 4.69) is 10.5 Å². The molecule has 114 valence electrons. The van der Waals surface area contributed by atoms with Crippen molar-refractivity contribution in [2.24, 2.45) is 5.10 Å². The van der Waals surface area contributed by atoms with Crippen LogP contribution in [-0.4, -0.2) is 16.4 Å². The molecular formula is C16H17N3O3. The normalized spacial score (nSPS) is 21.0. The summed E-state index contributed by atoms with van der Waals surface area (Å²) in [4.78, 5) is 23.0. The number of carbonyl (C=O) groups is 1. The lowest BCUT2D eigenvalue weighted by molar-refractivity contribution is -0.384. The minimum Gasteiger partial charge on any atom is -0.294 e. The molecule has 1 aromatic rings. The van der Waals surface area contributed by atoms with Crippen molar-refractivity contribution in [2.45, 2.75) is 38.5 Å². The molecule has 1 unspecified atom stereocenters. The first kappa shape index (κ1) is 14.4. The molecule has 6 nitrogen and oxygen atoms in total. The van der Waals surface area contributed by atoms with Gasteiger partial charge in [0.15, 0.2) is 5.78 Å². The highest BCUT2D eigenvalue weighted by atomic mass is 16.6. The number of non-ortho nitro benzene ring substituents is 1. The van der Waals surface area contributed by atoms with Crippen LogP contribution in [-0.2, 0) is 4.79 Å². The predicted octanol–water partition coefficient (Wildman–Crippen LogP) is 3.05. The number of hydrogen-bond acceptors (Lipinski definition) is 5. The monoisotopic (exact) mass is 299 g/mol. The summed E-state index contributed by atoms with van der Waals surface area (Å²) in [5.74, 6) is -0.153. The summed E-state index contributed by atoms with van der Waals surface area (Å²) in [6.07, 6.45) is 2.84. The number of nitro groups is 1. The van der Waals surface area contributed by atoms with Gasteiger partial charge in [-0.15, -0.1) is 0 Å². The average Bonchev–Trinajstić information content (AvgIpc) is 2.54. The second-order valence-electron chi connectivity index (χ2n) is 5.52. The Hall–Kier alpha value is -2.50. The summed E-state index contributed by atoms with van der Waals surface area (Å²) in [6.45, 7) is 1.98. The summed E-state index contributed by atoms with van der Waals surface area (Å²) < 4.78 is 0. The van der Waals surface area contributed by atoms with Crippen LogP contribution in [0.25, 0.3) is 0 Å². The summed E-state index contributed by atoms with van der Waals surface area (Å²) in [5, 5.41) is 15.4. The molecule has 1 N–H and O–H groups in total. The van der Waals surface area contributed by atoms with Gasteiger partial charge in [-0.05, 0) is 24.8 Å². The largest absolute Gasteiger partial charge is 0.294 e. The van der Waals surface area contributed by atoms with Crippen LogP contribution in [0.3, 0.4) is 0 Å². The second-order valence-corrected chi connectivity index (χ2v) is 5.52. The van der Waals surface area contributed by atoms with Crippen molar-refractivity contribution in [1.29, 1.82) is 0 Å². The van der Waals surface area contributed by atoms with Crippen molar-refractivity contribution in [3.63, 3.8) is 0 Å². The number of hydrogen-bond donors (Lipinski definition) is 1. The first-order chi connectivity index (χ1) is 10.6. The van der Waals surface area contributed by atoms with Crippen LogP contribution in [0.5, 0.6) is 0 Å². The Morgan fingerprint density at radius 1 is 1.41 bits per heavy atom. The number of rotatable bonds is 3. The molecule has 0 aromatic heterocycles. The van der Waals surface area contributed by atoms with E-state index in [9.17, 15) is 14.9 Å². The molecule has 0 radical (unpaired) electrons. The highest BCUT2D eigenvalue weighted by Crippen LogP contribution is 2.37. The third-order valence-corrected chi connectivity index (χ3v) is 4.19. The molecule has 0 bridgehead atoms. The highest BCUT2D eigenvalue weighted by molar-refractivity contribution is 6.08. The molecule has 1 aliphatic carbocycles. The van der Waals surface area contributed by atoms with E-state index in [-0.39, 0.29) is 17.4 Å². The Morgan fingerprint density at radius 2 is 2.23 bits per heavy atom. The zero-order valence-electron chi connectivity index (χ0n) is 12.3. The van der Waals surface area contributed by atoms with Crippen LogP contribution in [0.1, 0.15) is 44.1 Å². The summed E-state index contributed by atoms with van der Waals surface area (Å²) >= 11 is 0. The van der Waals surface area contributed by atoms with Crippen molar-refractivity contribution in [3.05, 3.63) is 51.2 Å². The lowest BCUT2D eigenvalue weighted by Crippen LogP contribution is -2.32. The molecule has 3 rings (SSSR count). The van der Waals surface area contributed by atoms with Crippen molar-refractivity contribution in [1.82, 2.24) is 5.43 Å². The van der Waals surface area contributed by atoms with Crippen LogP contribution in [0.15, 0.2) is 40.6 Å². The second kappa shape index (κ2) is 5.71. The standard InChI is InChI=1S/C16H17N3O3/c1-2-12-15(10-5-3-6-11(9-10)19(21)22)16-13(18-17-12)7-4-8-14(16)20/h3,5-6,9,15,18H,2,4,7-8H2,1H3. The number of benzene rings is 1. The fourth-order valence-corrected chi connectivity index (χ4v) is 3.15. The van der Waals surface area contributed by atoms with Gasteiger partial charge < -0.3 is 0 Å². The number of carbonyl (C=O) groups excluding carboxylic acids is 1. The van der Waals surface area contributed by atoms with Gasteiger partial charge in [0.1, 0.15) is 0 Å². The van der Waals surface area contributed by atoms with Gasteiger partial charge in [-0.3, -0.25) is 20.3 Å². The fraction of sp³-hybridized carbons (Fsp3) is 0.375. The van der Waals surface area contributed by atoms with Crippen molar-refractivity contribution in [3.8, 4) is 0 Å². The Labute approximate surface area is 128 Å². The molecule has 1 aromatic carbocycles. The van der Waals surface area contributed by atoms with E-state index in [0.717, 1.165) is 35.4 Å². The van der Waals surface area contributed by atoms with Gasteiger partial charge in [-0.2, -0.15) is 5.10 Å². The lowest BCUT2D eigenvalue weighted by Gasteiger charge is -2.31. The zero-order chi connectivity index (χ0) is 15.7. The minimum absolute atomic E-state index is 0.0388. The molecule has 1 heterocycles. The molecule has 1 atom stereocenters. The molecule has 1 aliphatic heterocycles. The van der Waals surface area contributed by atoms with Crippen LogP contribution >= 0.6 is 0 Å². The van der Waals surface area contributed by atoms with Crippen LogP contribution in [0, 0.1) is 10.1 Å². The SMILES string of the molecule is CCC1=NNC2=C(C(=O)CCC2)C1c1cccc([N+](=O)[O-])c1. The van der Waals surface area contributed by atoms with Gasteiger partial charge >= 0.3 is 0 Å². The number of nitrogens with one attached hydrogen (secondary N) is 1. The van der Waals surface area contributed by atoms with Gasteiger partial charge in [0, 0.05) is 35.5 Å². The quantitative estimate of drug-likeness (QED) is 0.686. The zero-order valence-corrected chi connectivity index (χ0v) is 12.3. The molecular weight excluding hydrogens is 282 g/mol. The maximum absolute atomic E-state index is 12.4. The molecule has 22 heavy (non-hydrogen) atoms. The summed E-state index contributed by atoms with van der Waals surface area (Å²) in [7, 11) is 0. The topological polar surface area (TPSA) is 84.6 Å². The Kier molecular flexibility index (Phi) is 3.75. The van der Waals surface area contributed by atoms with Crippen molar-refractivity contribution < 1.29 is 9.72 Å². The number of nitrogens with zero attached hydrogens (tertiary/aromatic N) is 2. The van der Waals surface area contributed by atoms with Crippen molar-refractivity contribution >= 4 is 17.2 Å². The molecule has 0 fully saturated rings. The average molecular weight is 299 g/mol. The number of allylic oxidation sites excluding steroid dienone is 2. The van der Waals surface area contributed by atoms with Gasteiger partial charge in [0.05, 0.1) is 10.8 Å². The maximum atomic E-state index is 12.4. The van der Waals surface area contributed by atoms with E-state index in [4.69, 9.17) is 0 Å². The summed E-state index contributed by atoms with van der Waals surface area (Å²) in [5.41, 5.74) is 6.25. The molecule has 6 heteroatoms. The van der Waals surface area contributed by atoms with Gasteiger partial charge in [-0.25, -0.2) is 0 Å². The van der Waals surface area contributed by atoms with E-state index in [1.165, 1.54) is 6.07 Å². The Morgan fingerprint density at radius 3 is 2.95 bits per heavy atom. The van der Waals surface area contributed by atoms with E-state index in [0.29, 0.717) is 12.8 Å². The van der Waals surface area contributed by atoms with Crippen molar-refractivity contribution in [2.75, 3.05) is 0 Å². The Balaban J connectivity index is 2.11. The van der Waals surface area contributed by atoms with Gasteiger partial charge in [0.2, 0.25) is 0 Å². The van der Waals surface area contributed by atoms with Gasteiger partial charge in [-0.1, -0.05) is 19.1 Å². The van der Waals surface area contributed by atoms with E-state index < -0.39 is 4.92 Å². The highest BCUT2D eigenvalue weighted by Gasteiger charge is 2.34. The van der Waals surface area contributed by atoms with E-state index >= 15 is 0 Å². The van der Waals surface area contributed by atoms with E-state index in [1.807, 2.05) is 13.0 Å². The third kappa shape index (κ3) is 2.41. The smallest absolute Gasteiger partial charge is 0.269 e. The number of hydrazone groups is 1. The fourth-order valence-electron chi connectivity index (χ4n) is 3.15. The molecule has 0 spiro atoms. The number of ketones is 1. The number of nitro benzene ring substituents is 1. The Bertz CT molecular complexity index is 706. The third-order valence-electron chi connectivity index (χ3n) is 4.19. The first-order valence-electron chi connectivity index (χ1n) is 7.45. The minimum atomic E-state index is -0.411. The molecule has 0 saturated heterocycles. The molecule has 0 amide bonds. The lowest BCUT2D eigenvalue weighted by atomic mass is 9.78. The van der Waals surface area contributed by atoms with Crippen LogP contribution in [0.2, 0.25) is 0 Å². The molecule has 0 saturated carbocycles. The number of Topliss-reactive ketones (excluding diaryl/α,β-unsaturated/α-hetero) is 1. The van der Waals surface area contributed by atoms with Crippen LogP contribution in [0.4, 0.5) is 5.69 Å². The van der Waals surface area contributed by atoms with Gasteiger partial charge in [0.25, 0.3) is 5.69 Å². The molecule has 2 aliphatic rings. The summed E-state index contributed by atoms with van der Waals surface area (Å²) in [6, 6.07) is 6.51. The van der Waals surface area contributed by atoms with Crippen LogP contribution < -0.4 is 5.43 Å².